The van der Waals surface area contributed by atoms with E-state index < -0.39 is 0 Å². The minimum Gasteiger partial charge on any atom is -0.373 e. The van der Waals surface area contributed by atoms with E-state index in [-0.39, 0.29) is 42.7 Å². The normalized spacial score (nSPS) is 12.4. The fourth-order valence-electron chi connectivity index (χ4n) is 1.79. The number of rotatable bonds is 6. The zero-order valence-corrected chi connectivity index (χ0v) is 14.8. The van der Waals surface area contributed by atoms with Crippen LogP contribution < -0.4 is 10.6 Å². The summed E-state index contributed by atoms with van der Waals surface area (Å²) in [4.78, 5) is 16.0. The van der Waals surface area contributed by atoms with Crippen LogP contribution in [0.2, 0.25) is 0 Å². The van der Waals surface area contributed by atoms with Gasteiger partial charge in [0.15, 0.2) is 0 Å². The highest BCUT2D eigenvalue weighted by Gasteiger charge is 2.20. The van der Waals surface area contributed by atoms with Crippen molar-refractivity contribution in [3.8, 4) is 0 Å². The van der Waals surface area contributed by atoms with Gasteiger partial charge in [0.25, 0.3) is 0 Å². The molecule has 4 nitrogen and oxygen atoms in total. The lowest BCUT2D eigenvalue weighted by Gasteiger charge is -2.26. The number of carbonyl (C=O) groups excluding carboxylic acids is 1. The minimum atomic E-state index is -0.132. The van der Waals surface area contributed by atoms with Crippen molar-refractivity contribution in [2.75, 3.05) is 32.1 Å². The van der Waals surface area contributed by atoms with Gasteiger partial charge in [0.2, 0.25) is 5.91 Å². The molecule has 2 unspecified atom stereocenters. The summed E-state index contributed by atoms with van der Waals surface area (Å²) in [7, 11) is 3.86. The summed E-state index contributed by atoms with van der Waals surface area (Å²) >= 11 is 0. The molecule has 0 radical (unpaired) electrons. The van der Waals surface area contributed by atoms with Crippen LogP contribution >= 0.6 is 24.8 Å². The van der Waals surface area contributed by atoms with Crippen LogP contribution in [-0.4, -0.2) is 44.0 Å². The van der Waals surface area contributed by atoms with Crippen LogP contribution in [0.1, 0.15) is 13.8 Å². The average molecular weight is 336 g/mol. The number of nitrogens with two attached hydrogens (primary N) is 1. The molecular formula is C15H27Cl2N3O. The fourth-order valence-corrected chi connectivity index (χ4v) is 1.79. The second-order valence-electron chi connectivity index (χ2n) is 5.16. The summed E-state index contributed by atoms with van der Waals surface area (Å²) in [6, 6.07) is 10.0. The highest BCUT2D eigenvalue weighted by atomic mass is 35.5. The van der Waals surface area contributed by atoms with E-state index in [4.69, 9.17) is 5.73 Å². The van der Waals surface area contributed by atoms with Crippen LogP contribution in [0.3, 0.4) is 0 Å². The number of benzene rings is 1. The SMILES string of the molecule is CC(N)C(C)C(=O)N(C)CCN(C)c1ccccc1.Cl.Cl. The van der Waals surface area contributed by atoms with Gasteiger partial charge < -0.3 is 15.5 Å². The van der Waals surface area contributed by atoms with Crippen molar-refractivity contribution in [3.63, 3.8) is 0 Å². The molecule has 1 aromatic carbocycles. The number of likely N-dealkylation sites (N-methyl/N-ethyl adjacent to an activating group) is 2. The number of nitrogens with zero attached hydrogens (tertiary/aromatic N) is 2. The molecule has 0 aromatic heterocycles. The van der Waals surface area contributed by atoms with E-state index in [0.29, 0.717) is 6.54 Å². The Balaban J connectivity index is 0. The van der Waals surface area contributed by atoms with Gasteiger partial charge in [-0.15, -0.1) is 24.8 Å². The van der Waals surface area contributed by atoms with Gasteiger partial charge in [0, 0.05) is 38.9 Å². The molecule has 21 heavy (non-hydrogen) atoms. The Labute approximate surface area is 140 Å². The summed E-state index contributed by atoms with van der Waals surface area (Å²) in [5, 5.41) is 0. The molecule has 1 aromatic rings. The zero-order chi connectivity index (χ0) is 14.4. The molecule has 0 bridgehead atoms. The largest absolute Gasteiger partial charge is 0.373 e. The van der Waals surface area contributed by atoms with Gasteiger partial charge in [-0.05, 0) is 19.1 Å². The maximum Gasteiger partial charge on any atom is 0.226 e. The predicted molar refractivity (Wildman–Crippen MR) is 94.7 cm³/mol. The quantitative estimate of drug-likeness (QED) is 0.868. The van der Waals surface area contributed by atoms with Crippen molar-refractivity contribution in [2.24, 2.45) is 11.7 Å². The molecule has 1 amide bonds. The molecule has 0 aliphatic rings. The third-order valence-electron chi connectivity index (χ3n) is 3.52. The number of hydrogen-bond donors (Lipinski definition) is 1. The van der Waals surface area contributed by atoms with Gasteiger partial charge in [-0.2, -0.15) is 0 Å². The molecule has 0 saturated carbocycles. The Bertz CT molecular complexity index is 401. The Morgan fingerprint density at radius 3 is 2.10 bits per heavy atom. The molecule has 0 aliphatic heterocycles. The van der Waals surface area contributed by atoms with Crippen molar-refractivity contribution >= 4 is 36.4 Å². The van der Waals surface area contributed by atoms with Crippen LogP contribution in [0.25, 0.3) is 0 Å². The van der Waals surface area contributed by atoms with Crippen LogP contribution in [0.4, 0.5) is 5.69 Å². The lowest BCUT2D eigenvalue weighted by Crippen LogP contribution is -2.42. The number of hydrogen-bond acceptors (Lipinski definition) is 3. The number of anilines is 1. The van der Waals surface area contributed by atoms with E-state index in [2.05, 4.69) is 17.0 Å². The van der Waals surface area contributed by atoms with Crippen molar-refractivity contribution in [2.45, 2.75) is 19.9 Å². The highest BCUT2D eigenvalue weighted by molar-refractivity contribution is 5.85. The maximum absolute atomic E-state index is 12.1. The summed E-state index contributed by atoms with van der Waals surface area (Å²) in [6.07, 6.45) is 0. The second kappa shape index (κ2) is 10.7. The minimum absolute atomic E-state index is 0. The summed E-state index contributed by atoms with van der Waals surface area (Å²) < 4.78 is 0. The summed E-state index contributed by atoms with van der Waals surface area (Å²) in [5.74, 6) is -0.0245. The average Bonchev–Trinajstić information content (AvgIpc) is 2.43. The molecule has 6 heteroatoms. The topological polar surface area (TPSA) is 49.6 Å². The summed E-state index contributed by atoms with van der Waals surface area (Å²) in [5.41, 5.74) is 6.92. The number of amides is 1. The van der Waals surface area contributed by atoms with Crippen molar-refractivity contribution in [3.05, 3.63) is 30.3 Å². The fraction of sp³-hybridized carbons (Fsp3) is 0.533. The first-order valence-electron chi connectivity index (χ1n) is 6.70. The molecule has 0 aliphatic carbocycles. The number of para-hydroxylation sites is 1. The van der Waals surface area contributed by atoms with E-state index in [9.17, 15) is 4.79 Å². The molecule has 0 heterocycles. The molecule has 0 fully saturated rings. The van der Waals surface area contributed by atoms with E-state index in [1.807, 2.05) is 46.1 Å². The molecule has 0 spiro atoms. The molecule has 1 rings (SSSR count). The van der Waals surface area contributed by atoms with Crippen molar-refractivity contribution < 1.29 is 4.79 Å². The monoisotopic (exact) mass is 335 g/mol. The van der Waals surface area contributed by atoms with Crippen LogP contribution in [0.15, 0.2) is 30.3 Å². The molecule has 2 atom stereocenters. The van der Waals surface area contributed by atoms with E-state index >= 15 is 0 Å². The van der Waals surface area contributed by atoms with Crippen LogP contribution in [-0.2, 0) is 4.79 Å². The van der Waals surface area contributed by atoms with Gasteiger partial charge in [0.1, 0.15) is 0 Å². The van der Waals surface area contributed by atoms with Crippen molar-refractivity contribution in [1.29, 1.82) is 0 Å². The molecular weight excluding hydrogens is 309 g/mol. The predicted octanol–water partition coefficient (Wildman–Crippen LogP) is 2.41. The molecule has 2 N–H and O–H groups in total. The third-order valence-corrected chi connectivity index (χ3v) is 3.52. The van der Waals surface area contributed by atoms with E-state index in [1.54, 1.807) is 4.90 Å². The summed E-state index contributed by atoms with van der Waals surface area (Å²) in [6.45, 7) is 5.25. The Morgan fingerprint density at radius 1 is 1.10 bits per heavy atom. The first-order valence-corrected chi connectivity index (χ1v) is 6.70. The molecule has 122 valence electrons. The van der Waals surface area contributed by atoms with Crippen LogP contribution in [0.5, 0.6) is 0 Å². The zero-order valence-electron chi connectivity index (χ0n) is 13.2. The van der Waals surface area contributed by atoms with Gasteiger partial charge in [-0.3, -0.25) is 4.79 Å². The standard InChI is InChI=1S/C15H25N3O.2ClH/c1-12(13(2)16)15(19)18(4)11-10-17(3)14-8-6-5-7-9-14;;/h5-9,12-13H,10-11,16H2,1-4H3;2*1H. The van der Waals surface area contributed by atoms with Crippen LogP contribution in [0, 0.1) is 5.92 Å². The second-order valence-corrected chi connectivity index (χ2v) is 5.16. The lowest BCUT2D eigenvalue weighted by atomic mass is 10.0. The smallest absolute Gasteiger partial charge is 0.226 e. The Kier molecular flexibility index (Phi) is 11.4. The maximum atomic E-state index is 12.1. The Hall–Kier alpha value is -0.970. The first kappa shape index (κ1) is 22.3. The third kappa shape index (κ3) is 7.02. The van der Waals surface area contributed by atoms with Crippen molar-refractivity contribution in [1.82, 2.24) is 4.90 Å². The van der Waals surface area contributed by atoms with Gasteiger partial charge in [-0.1, -0.05) is 25.1 Å². The van der Waals surface area contributed by atoms with Gasteiger partial charge in [0.05, 0.1) is 5.92 Å². The van der Waals surface area contributed by atoms with Gasteiger partial charge >= 0.3 is 0 Å². The Morgan fingerprint density at radius 2 is 1.62 bits per heavy atom. The lowest BCUT2D eigenvalue weighted by molar-refractivity contribution is -0.134. The van der Waals surface area contributed by atoms with E-state index in [1.165, 1.54) is 0 Å². The number of halogens is 2. The van der Waals surface area contributed by atoms with E-state index in [0.717, 1.165) is 12.2 Å². The first-order chi connectivity index (χ1) is 8.93. The molecule has 0 saturated heterocycles. The number of carbonyl (C=O) groups is 1. The van der Waals surface area contributed by atoms with Gasteiger partial charge in [-0.25, -0.2) is 0 Å². The highest BCUT2D eigenvalue weighted by Crippen LogP contribution is 2.11.